The smallest absolute Gasteiger partial charge is 0.391 e. The first-order valence-corrected chi connectivity index (χ1v) is 36.9. The summed E-state index contributed by atoms with van der Waals surface area (Å²) in [7, 11) is 0. The van der Waals surface area contributed by atoms with Crippen molar-refractivity contribution >= 4 is 67.9 Å². The van der Waals surface area contributed by atoms with Crippen LogP contribution in [-0.4, -0.2) is 196 Å². The molecule has 0 amide bonds. The second kappa shape index (κ2) is 33.0. The summed E-state index contributed by atoms with van der Waals surface area (Å²) in [5.74, 6) is 0.549. The van der Waals surface area contributed by atoms with Crippen molar-refractivity contribution in [2.45, 2.75) is 173 Å². The molecule has 3 N–H and O–H groups in total. The fraction of sp³-hybridized carbons (Fsp3) is 0.513. The lowest BCUT2D eigenvalue weighted by Crippen LogP contribution is -2.46. The molecule has 9 aromatic rings. The molecule has 1 aromatic carbocycles. The van der Waals surface area contributed by atoms with E-state index < -0.39 is 65.4 Å². The van der Waals surface area contributed by atoms with E-state index >= 15 is 8.78 Å². The molecule has 3 saturated carbocycles. The van der Waals surface area contributed by atoms with Gasteiger partial charge in [-0.1, -0.05) is 24.3 Å². The molecule has 6 aliphatic rings. The molecule has 6 atom stereocenters. The number of β-amino-alcohol motifs (C(OH)–C–C–N with tert-alkyl or cyclic N) is 3. The second-order valence-electron chi connectivity index (χ2n) is 30.0. The molecule has 3 aliphatic heterocycles. The van der Waals surface area contributed by atoms with E-state index in [4.69, 9.17) is 0 Å². The number of rotatable bonds is 24. The molecule has 15 rings (SSSR count). The average Bonchev–Trinajstić information content (AvgIpc) is 1.50. The predicted octanol–water partition coefficient (Wildman–Crippen LogP) is 10.7. The van der Waals surface area contributed by atoms with Gasteiger partial charge in [0.15, 0.2) is 11.6 Å². The Labute approximate surface area is 625 Å². The van der Waals surface area contributed by atoms with Crippen LogP contribution in [0, 0.1) is 29.4 Å². The zero-order valence-electron chi connectivity index (χ0n) is 60.8. The van der Waals surface area contributed by atoms with Crippen LogP contribution < -0.4 is 14.7 Å². The molecule has 11 heterocycles. The van der Waals surface area contributed by atoms with Crippen molar-refractivity contribution in [3.8, 4) is 0 Å². The third-order valence-electron chi connectivity index (χ3n) is 21.1. The number of hydrogen-bond donors (Lipinski definition) is 3. The summed E-state index contributed by atoms with van der Waals surface area (Å²) < 4.78 is 152. The number of Topliss-reactive ketones (excluding diaryl/α,β-unsaturated/α-hetero) is 3. The molecule has 0 spiro atoms. The van der Waals surface area contributed by atoms with Crippen LogP contribution in [0.2, 0.25) is 0 Å². The van der Waals surface area contributed by atoms with E-state index in [2.05, 4.69) is 44.8 Å². The van der Waals surface area contributed by atoms with Gasteiger partial charge >= 0.3 is 18.5 Å². The van der Waals surface area contributed by atoms with Crippen molar-refractivity contribution in [3.05, 3.63) is 150 Å². The van der Waals surface area contributed by atoms with Gasteiger partial charge in [0, 0.05) is 126 Å². The zero-order chi connectivity index (χ0) is 78.1. The van der Waals surface area contributed by atoms with Crippen molar-refractivity contribution in [3.63, 3.8) is 0 Å². The summed E-state index contributed by atoms with van der Waals surface area (Å²) in [6.07, 6.45) is 3.76. The number of alkyl halides is 9. The first-order chi connectivity index (χ1) is 52.4. The predicted molar refractivity (Wildman–Crippen MR) is 384 cm³/mol. The maximum atomic E-state index is 15.3. The SMILES string of the molecule is CC(=O)CN1CCC(Cn2cc(F)c3c(N(Cc4ccc(C(F)(F)F)cc4)C4CC4)ncnc32)C(O)C1.CC(=O)CN1CCC(Cn2cc(F)c3c(N(Cc4ccc(C(F)(F)F)nc4)C4CC4)ncnc32)C(O)C1.CC(=O)CN1CCC(Cn2ccc3c(N(Cc4ccc(C(F)(F)F)nc4)C4CC4)ncnc32)C(O)C1. The van der Waals surface area contributed by atoms with Crippen LogP contribution in [0.15, 0.2) is 105 Å². The van der Waals surface area contributed by atoms with Gasteiger partial charge in [-0.25, -0.2) is 38.7 Å². The van der Waals surface area contributed by atoms with Crippen LogP contribution >= 0.6 is 0 Å². The lowest BCUT2D eigenvalue weighted by atomic mass is 9.93. The molecule has 588 valence electrons. The quantitative estimate of drug-likeness (QED) is 0.0476. The van der Waals surface area contributed by atoms with Crippen LogP contribution in [0.5, 0.6) is 0 Å². The fourth-order valence-electron chi connectivity index (χ4n) is 15.2. The van der Waals surface area contributed by atoms with E-state index in [1.54, 1.807) is 16.1 Å². The Kier molecular flexibility index (Phi) is 23.7. The molecule has 0 bridgehead atoms. The van der Waals surface area contributed by atoms with Crippen LogP contribution in [0.25, 0.3) is 33.1 Å². The summed E-state index contributed by atoms with van der Waals surface area (Å²) in [6, 6.07) is 12.2. The van der Waals surface area contributed by atoms with Crippen molar-refractivity contribution < 1.29 is 78.0 Å². The first kappa shape index (κ1) is 78.9. The zero-order valence-corrected chi connectivity index (χ0v) is 60.8. The van der Waals surface area contributed by atoms with Gasteiger partial charge in [-0.3, -0.25) is 39.1 Å². The Balaban J connectivity index is 0.000000145. The summed E-state index contributed by atoms with van der Waals surface area (Å²) in [6.45, 7) is 11.2. The number of aromatic nitrogens is 11. The lowest BCUT2D eigenvalue weighted by Gasteiger charge is -2.35. The number of benzene rings is 1. The Morgan fingerprint density at radius 2 is 0.782 bits per heavy atom. The van der Waals surface area contributed by atoms with Crippen LogP contribution in [-0.2, 0) is 72.2 Å². The van der Waals surface area contributed by atoms with Crippen molar-refractivity contribution in [2.75, 3.05) is 73.6 Å². The minimum Gasteiger partial charge on any atom is -0.391 e. The minimum atomic E-state index is -4.52. The van der Waals surface area contributed by atoms with E-state index in [1.165, 1.54) is 81.9 Å². The maximum absolute atomic E-state index is 15.3. The summed E-state index contributed by atoms with van der Waals surface area (Å²) in [5, 5.41) is 33.4. The molecule has 3 aliphatic carbocycles. The van der Waals surface area contributed by atoms with E-state index in [9.17, 15) is 69.2 Å². The van der Waals surface area contributed by atoms with Crippen molar-refractivity contribution in [1.82, 2.24) is 68.3 Å². The second-order valence-corrected chi connectivity index (χ2v) is 30.0. The summed E-state index contributed by atoms with van der Waals surface area (Å²) >= 11 is 0. The number of hydrogen-bond acceptors (Lipinski definition) is 20. The third-order valence-corrected chi connectivity index (χ3v) is 21.1. The van der Waals surface area contributed by atoms with E-state index in [-0.39, 0.29) is 70.5 Å². The molecule has 6 fully saturated rings. The minimum absolute atomic E-state index is 0.0416. The first-order valence-electron chi connectivity index (χ1n) is 36.9. The average molecular weight is 1540 g/mol. The molecule has 23 nitrogen and oxygen atoms in total. The van der Waals surface area contributed by atoms with Gasteiger partial charge in [-0.2, -0.15) is 39.5 Å². The molecule has 6 unspecified atom stereocenters. The van der Waals surface area contributed by atoms with Gasteiger partial charge < -0.3 is 43.7 Å². The van der Waals surface area contributed by atoms with Gasteiger partial charge in [-0.05, 0) is 145 Å². The number of carbonyl (C=O) groups excluding carboxylic acids is 3. The molecule has 8 aromatic heterocycles. The number of fused-ring (bicyclic) bond motifs is 3. The molecule has 110 heavy (non-hydrogen) atoms. The van der Waals surface area contributed by atoms with E-state index in [1.807, 2.05) is 41.3 Å². The van der Waals surface area contributed by atoms with E-state index in [0.29, 0.717) is 138 Å². The van der Waals surface area contributed by atoms with Crippen molar-refractivity contribution in [1.29, 1.82) is 0 Å². The van der Waals surface area contributed by atoms with Gasteiger partial charge in [0.1, 0.15) is 82.1 Å². The number of anilines is 3. The van der Waals surface area contributed by atoms with E-state index in [0.717, 1.165) is 92.6 Å². The monoisotopic (exact) mass is 1540 g/mol. The van der Waals surface area contributed by atoms with Crippen molar-refractivity contribution in [2.24, 2.45) is 17.8 Å². The molecular formula is C76H86F11N17O6. The van der Waals surface area contributed by atoms with Crippen LogP contribution in [0.4, 0.5) is 65.7 Å². The van der Waals surface area contributed by atoms with Gasteiger partial charge in [0.25, 0.3) is 0 Å². The number of piperidine rings is 3. The Hall–Kier alpha value is -9.22. The molecular weight excluding hydrogens is 1460 g/mol. The van der Waals surface area contributed by atoms with Crippen LogP contribution in [0.1, 0.15) is 112 Å². The Bertz CT molecular complexity index is 4500. The third kappa shape index (κ3) is 19.2. The lowest BCUT2D eigenvalue weighted by molar-refractivity contribution is -0.142. The summed E-state index contributed by atoms with van der Waals surface area (Å²) in [5.41, 5.74) is 0.915. The number of likely N-dealkylation sites (tertiary alicyclic amines) is 3. The number of ketones is 3. The highest BCUT2D eigenvalue weighted by Crippen LogP contribution is 2.42. The Morgan fingerprint density at radius 3 is 1.13 bits per heavy atom. The molecule has 0 radical (unpaired) electrons. The number of pyridine rings is 2. The summed E-state index contributed by atoms with van der Waals surface area (Å²) in [4.78, 5) is 79.7. The largest absolute Gasteiger partial charge is 0.433 e. The number of carbonyl (C=O) groups is 3. The topological polar surface area (TPSA) is 249 Å². The molecule has 34 heteroatoms. The fourth-order valence-corrected chi connectivity index (χ4v) is 15.2. The van der Waals surface area contributed by atoms with Gasteiger partial charge in [-0.15, -0.1) is 0 Å². The Morgan fingerprint density at radius 1 is 0.427 bits per heavy atom. The number of nitrogens with zero attached hydrogens (tertiary/aromatic N) is 17. The standard InChI is InChI=1S/C26H29F4N5O2.C25H28F4N6O2.C25H29F3N6O2/c1-16(36)10-33-9-8-18(22(37)14-33)12-34-13-21(27)23-24(34)31-15-32-25(23)35(20-6-7-20)11-17-2-4-19(5-3-17)26(28,29)30;1-15(36)9-33-7-6-17(20(37)13-33)11-34-12-19(26)22-23(34)31-14-32-24(22)35(18-3-4-18)10-16-2-5-21(30-8-16)25(27,28)29;1-16(35)11-32-8-6-18(21(36)14-32)13-33-9-7-20-23(33)30-15-31-24(20)34(19-3-4-19)12-17-2-5-22(29-10-17)25(26,27)28/h2-5,13,15,18,20,22,37H,6-12,14H2,1H3;2,5,8,12,14,17-18,20,37H,3-4,6-7,9-11,13H2,1H3;2,5,7,9-10,15,18-19,21,36H,3-4,6,8,11-14H2,1H3. The van der Waals surface area contributed by atoms with Crippen LogP contribution in [0.3, 0.4) is 0 Å². The maximum Gasteiger partial charge on any atom is 0.433 e. The highest BCUT2D eigenvalue weighted by atomic mass is 19.4. The highest BCUT2D eigenvalue weighted by Gasteiger charge is 2.40. The number of aliphatic hydroxyl groups excluding tert-OH is 3. The van der Waals surface area contributed by atoms with Gasteiger partial charge in [0.2, 0.25) is 0 Å². The normalized spacial score (nSPS) is 21.0. The number of aliphatic hydroxyl groups is 3. The number of halogens is 11. The van der Waals surface area contributed by atoms with Gasteiger partial charge in [0.05, 0.1) is 59.7 Å². The molecule has 3 saturated heterocycles. The highest BCUT2D eigenvalue weighted by molar-refractivity contribution is 5.91.